The number of carboxylic acid groups (broad SMARTS) is 1. The van der Waals surface area contributed by atoms with E-state index in [1.165, 1.54) is 0 Å². The van der Waals surface area contributed by atoms with Crippen LogP contribution in [-0.4, -0.2) is 34.6 Å². The lowest BCUT2D eigenvalue weighted by Crippen LogP contribution is -2.42. The lowest BCUT2D eigenvalue weighted by molar-refractivity contribution is -0.140. The molecule has 2 rings (SSSR count). The molecule has 0 spiro atoms. The summed E-state index contributed by atoms with van der Waals surface area (Å²) in [6, 6.07) is -1.64. The number of carboxylic acids is 1. The molecule has 0 fully saturated rings. The fraction of sp³-hybridized carbons (Fsp3) is 0.583. The van der Waals surface area contributed by atoms with Gasteiger partial charge in [0.15, 0.2) is 5.69 Å². The van der Waals surface area contributed by atoms with Gasteiger partial charge in [0.25, 0.3) is 5.91 Å². The number of aryl methyl sites for hydroxylation is 1. The minimum absolute atomic E-state index is 0.000200. The zero-order chi connectivity index (χ0) is 14.7. The number of nitrogens with zero attached hydrogens (tertiary/aromatic N) is 1. The minimum Gasteiger partial charge on any atom is -0.480 e. The number of alkyl halides is 2. The van der Waals surface area contributed by atoms with E-state index in [0.29, 0.717) is 24.2 Å². The second-order valence-electron chi connectivity index (χ2n) is 4.63. The van der Waals surface area contributed by atoms with Gasteiger partial charge in [-0.05, 0) is 19.3 Å². The minimum atomic E-state index is -2.82. The van der Waals surface area contributed by atoms with Crippen LogP contribution in [0.5, 0.6) is 0 Å². The molecule has 2 N–H and O–H groups in total. The SMILES string of the molecule is O=C(NC(CC(F)F)C(=O)O)c1noc2c1CCCC2. The average molecular weight is 288 g/mol. The number of hydrogen-bond donors (Lipinski definition) is 2. The number of aliphatic carboxylic acids is 1. The number of aromatic nitrogens is 1. The molecule has 0 aromatic carbocycles. The summed E-state index contributed by atoms with van der Waals surface area (Å²) in [4.78, 5) is 22.8. The highest BCUT2D eigenvalue weighted by Gasteiger charge is 2.29. The summed E-state index contributed by atoms with van der Waals surface area (Å²) in [6.45, 7) is 0. The Morgan fingerprint density at radius 1 is 1.35 bits per heavy atom. The molecule has 6 nitrogen and oxygen atoms in total. The van der Waals surface area contributed by atoms with Gasteiger partial charge in [0.1, 0.15) is 11.8 Å². The Kier molecular flexibility index (Phi) is 4.31. The summed E-state index contributed by atoms with van der Waals surface area (Å²) >= 11 is 0. The Morgan fingerprint density at radius 2 is 2.05 bits per heavy atom. The third-order valence-corrected chi connectivity index (χ3v) is 3.18. The molecular formula is C12H14F2N2O4. The van der Waals surface area contributed by atoms with Crippen LogP contribution < -0.4 is 5.32 Å². The molecule has 1 aromatic rings. The first-order valence-electron chi connectivity index (χ1n) is 6.28. The van der Waals surface area contributed by atoms with Gasteiger partial charge in [-0.15, -0.1) is 0 Å². The van der Waals surface area contributed by atoms with Crippen molar-refractivity contribution in [3.63, 3.8) is 0 Å². The highest BCUT2D eigenvalue weighted by atomic mass is 19.3. The van der Waals surface area contributed by atoms with Crippen LogP contribution in [-0.2, 0) is 17.6 Å². The third-order valence-electron chi connectivity index (χ3n) is 3.18. The normalized spacial score (nSPS) is 15.8. The van der Waals surface area contributed by atoms with E-state index in [-0.39, 0.29) is 5.69 Å². The lowest BCUT2D eigenvalue weighted by Gasteiger charge is -2.14. The first-order valence-corrected chi connectivity index (χ1v) is 6.28. The number of rotatable bonds is 5. The van der Waals surface area contributed by atoms with Gasteiger partial charge in [-0.1, -0.05) is 5.16 Å². The van der Waals surface area contributed by atoms with Crippen LogP contribution >= 0.6 is 0 Å². The van der Waals surface area contributed by atoms with Crippen molar-refractivity contribution < 1.29 is 28.0 Å². The van der Waals surface area contributed by atoms with Crippen molar-refractivity contribution in [2.45, 2.75) is 44.6 Å². The van der Waals surface area contributed by atoms with E-state index in [2.05, 4.69) is 10.5 Å². The number of carbonyl (C=O) groups excluding carboxylic acids is 1. The van der Waals surface area contributed by atoms with Crippen molar-refractivity contribution in [1.82, 2.24) is 10.5 Å². The number of nitrogens with one attached hydrogen (secondary N) is 1. The van der Waals surface area contributed by atoms with Crippen LogP contribution in [0.15, 0.2) is 4.52 Å². The Hall–Kier alpha value is -1.99. The lowest BCUT2D eigenvalue weighted by atomic mass is 9.96. The van der Waals surface area contributed by atoms with Gasteiger partial charge in [-0.25, -0.2) is 13.6 Å². The highest BCUT2D eigenvalue weighted by molar-refractivity contribution is 5.96. The Labute approximate surface area is 113 Å². The standard InChI is InChI=1S/C12H14F2N2O4/c13-9(14)5-7(12(18)19)15-11(17)10-6-3-1-2-4-8(6)20-16-10/h7,9H,1-5H2,(H,15,17)(H,18,19). The summed E-state index contributed by atoms with van der Waals surface area (Å²) in [5.74, 6) is -1.68. The third kappa shape index (κ3) is 3.12. The van der Waals surface area contributed by atoms with Gasteiger partial charge < -0.3 is 14.9 Å². The highest BCUT2D eigenvalue weighted by Crippen LogP contribution is 2.24. The van der Waals surface area contributed by atoms with Crippen molar-refractivity contribution in [1.29, 1.82) is 0 Å². The summed E-state index contributed by atoms with van der Waals surface area (Å²) in [5.41, 5.74) is 0.648. The van der Waals surface area contributed by atoms with Crippen molar-refractivity contribution in [3.05, 3.63) is 17.0 Å². The van der Waals surface area contributed by atoms with E-state index in [1.54, 1.807) is 0 Å². The Bertz CT molecular complexity index is 516. The molecule has 1 amide bonds. The molecule has 110 valence electrons. The monoisotopic (exact) mass is 288 g/mol. The van der Waals surface area contributed by atoms with Gasteiger partial charge in [-0.2, -0.15) is 0 Å². The fourth-order valence-electron chi connectivity index (χ4n) is 2.19. The van der Waals surface area contributed by atoms with Gasteiger partial charge in [0, 0.05) is 18.4 Å². The van der Waals surface area contributed by atoms with Crippen LogP contribution in [0, 0.1) is 0 Å². The van der Waals surface area contributed by atoms with Crippen molar-refractivity contribution in [3.8, 4) is 0 Å². The molecule has 0 saturated heterocycles. The maximum absolute atomic E-state index is 12.3. The molecule has 1 heterocycles. The van der Waals surface area contributed by atoms with E-state index in [9.17, 15) is 18.4 Å². The van der Waals surface area contributed by atoms with Gasteiger partial charge in [0.2, 0.25) is 6.43 Å². The number of fused-ring (bicyclic) bond motifs is 1. The molecule has 1 unspecified atom stereocenters. The molecule has 1 atom stereocenters. The van der Waals surface area contributed by atoms with E-state index in [1.807, 2.05) is 0 Å². The largest absolute Gasteiger partial charge is 0.480 e. The Morgan fingerprint density at radius 3 is 2.70 bits per heavy atom. The average Bonchev–Trinajstić information content (AvgIpc) is 2.81. The topological polar surface area (TPSA) is 92.4 Å². The van der Waals surface area contributed by atoms with Crippen LogP contribution in [0.1, 0.15) is 41.1 Å². The number of carbonyl (C=O) groups is 2. The molecule has 0 aliphatic heterocycles. The van der Waals surface area contributed by atoms with Crippen LogP contribution in [0.25, 0.3) is 0 Å². The van der Waals surface area contributed by atoms with E-state index in [4.69, 9.17) is 9.63 Å². The van der Waals surface area contributed by atoms with E-state index < -0.39 is 30.8 Å². The number of halogens is 2. The predicted octanol–water partition coefficient (Wildman–Crippen LogP) is 1.39. The van der Waals surface area contributed by atoms with Gasteiger partial charge >= 0.3 is 5.97 Å². The summed E-state index contributed by atoms with van der Waals surface area (Å²) in [5, 5.41) is 14.5. The summed E-state index contributed by atoms with van der Waals surface area (Å²) < 4.78 is 29.6. The molecule has 0 radical (unpaired) electrons. The van der Waals surface area contributed by atoms with E-state index >= 15 is 0 Å². The van der Waals surface area contributed by atoms with Crippen LogP contribution in [0.2, 0.25) is 0 Å². The first-order chi connectivity index (χ1) is 9.49. The van der Waals surface area contributed by atoms with Crippen molar-refractivity contribution in [2.24, 2.45) is 0 Å². The van der Waals surface area contributed by atoms with Gasteiger partial charge in [-0.3, -0.25) is 4.79 Å². The quantitative estimate of drug-likeness (QED) is 0.854. The molecule has 8 heteroatoms. The molecule has 1 aliphatic rings. The first kappa shape index (κ1) is 14.4. The molecular weight excluding hydrogens is 274 g/mol. The van der Waals surface area contributed by atoms with Gasteiger partial charge in [0.05, 0.1) is 0 Å². The smallest absolute Gasteiger partial charge is 0.326 e. The predicted molar refractivity (Wildman–Crippen MR) is 62.7 cm³/mol. The zero-order valence-corrected chi connectivity index (χ0v) is 10.6. The maximum Gasteiger partial charge on any atom is 0.326 e. The number of hydrogen-bond acceptors (Lipinski definition) is 4. The molecule has 0 saturated carbocycles. The Balaban J connectivity index is 2.10. The molecule has 20 heavy (non-hydrogen) atoms. The fourth-order valence-corrected chi connectivity index (χ4v) is 2.19. The van der Waals surface area contributed by atoms with Crippen molar-refractivity contribution >= 4 is 11.9 Å². The van der Waals surface area contributed by atoms with Crippen LogP contribution in [0.3, 0.4) is 0 Å². The summed E-state index contributed by atoms with van der Waals surface area (Å²) in [7, 11) is 0. The second kappa shape index (κ2) is 5.98. The molecule has 0 bridgehead atoms. The maximum atomic E-state index is 12.3. The number of amides is 1. The molecule has 1 aromatic heterocycles. The summed E-state index contributed by atoms with van der Waals surface area (Å²) in [6.07, 6.45) is -0.646. The molecule has 1 aliphatic carbocycles. The second-order valence-corrected chi connectivity index (χ2v) is 4.63. The van der Waals surface area contributed by atoms with Crippen molar-refractivity contribution in [2.75, 3.05) is 0 Å². The zero-order valence-electron chi connectivity index (χ0n) is 10.6. The van der Waals surface area contributed by atoms with Crippen LogP contribution in [0.4, 0.5) is 8.78 Å². The van der Waals surface area contributed by atoms with E-state index in [0.717, 1.165) is 12.8 Å².